The maximum absolute atomic E-state index is 12.6. The van der Waals surface area contributed by atoms with E-state index < -0.39 is 0 Å². The first kappa shape index (κ1) is 20.3. The van der Waals surface area contributed by atoms with E-state index in [-0.39, 0.29) is 5.91 Å². The molecule has 0 unspecified atom stereocenters. The molecule has 3 heterocycles. The Bertz CT molecular complexity index is 1100. The van der Waals surface area contributed by atoms with Crippen molar-refractivity contribution in [2.75, 3.05) is 31.9 Å². The molecule has 2 aromatic heterocycles. The molecular weight excluding hydrogens is 394 g/mol. The first-order chi connectivity index (χ1) is 14.6. The van der Waals surface area contributed by atoms with Crippen molar-refractivity contribution in [3.05, 3.63) is 70.2 Å². The van der Waals surface area contributed by atoms with Gasteiger partial charge in [0, 0.05) is 41.3 Å². The van der Waals surface area contributed by atoms with Crippen LogP contribution in [0.3, 0.4) is 0 Å². The molecule has 0 saturated carbocycles. The molecule has 30 heavy (non-hydrogen) atoms. The summed E-state index contributed by atoms with van der Waals surface area (Å²) in [6.45, 7) is 5.51. The Labute approximate surface area is 180 Å². The lowest BCUT2D eigenvalue weighted by atomic mass is 10.1. The minimum absolute atomic E-state index is 0.154. The Kier molecular flexibility index (Phi) is 6.21. The number of thiophene rings is 1. The minimum Gasteiger partial charge on any atom is -0.383 e. The lowest BCUT2D eigenvalue weighted by Gasteiger charge is -2.33. The fourth-order valence-electron chi connectivity index (χ4n) is 3.50. The van der Waals surface area contributed by atoms with Crippen LogP contribution in [0.1, 0.15) is 15.3 Å². The zero-order valence-corrected chi connectivity index (χ0v) is 17.8. The van der Waals surface area contributed by atoms with E-state index in [4.69, 9.17) is 5.73 Å². The number of hydrogen-bond acceptors (Lipinski definition) is 6. The average molecular weight is 420 g/mol. The van der Waals surface area contributed by atoms with E-state index in [1.54, 1.807) is 11.3 Å². The molecule has 1 amide bonds. The number of nitrogens with two attached hydrogens (primary N) is 1. The van der Waals surface area contributed by atoms with E-state index in [1.165, 1.54) is 16.1 Å². The highest BCUT2D eigenvalue weighted by Gasteiger charge is 2.23. The molecule has 1 fully saturated rings. The molecule has 0 spiro atoms. The molecule has 154 valence electrons. The highest BCUT2D eigenvalue weighted by molar-refractivity contribution is 7.12. The monoisotopic (exact) mass is 419 g/mol. The zero-order chi connectivity index (χ0) is 20.9. The number of aromatic nitrogens is 2. The topological polar surface area (TPSA) is 75.3 Å². The molecule has 1 saturated heterocycles. The van der Waals surface area contributed by atoms with Gasteiger partial charge in [-0.2, -0.15) is 0 Å². The number of nitrogens with zero attached hydrogens (tertiary/aromatic N) is 4. The summed E-state index contributed by atoms with van der Waals surface area (Å²) in [6.07, 6.45) is 9.79. The van der Waals surface area contributed by atoms with E-state index in [9.17, 15) is 4.79 Å². The standard InChI is InChI=1S/C23H25N5OS/c1-17-6-8-19(30-17)5-3-2-4-10-27-11-12-28(22(29)15-27)14-18-7-9-20-21(13-18)25-16-26-23(20)24/h2-9,13,16H,10-12,14-15H2,1H3,(H2,24,25,26). The quantitative estimate of drug-likeness (QED) is 0.619. The van der Waals surface area contributed by atoms with Crippen LogP contribution in [-0.2, 0) is 11.3 Å². The molecule has 7 heteroatoms. The number of hydrogen-bond donors (Lipinski definition) is 1. The summed E-state index contributed by atoms with van der Waals surface area (Å²) in [6, 6.07) is 10.2. The van der Waals surface area contributed by atoms with E-state index in [1.807, 2.05) is 23.1 Å². The Hall–Kier alpha value is -3.03. The third-order valence-electron chi connectivity index (χ3n) is 5.14. The third-order valence-corrected chi connectivity index (χ3v) is 6.10. The molecule has 3 aromatic rings. The number of aryl methyl sites for hydroxylation is 1. The molecule has 6 nitrogen and oxygen atoms in total. The minimum atomic E-state index is 0.154. The molecular formula is C23H25N5OS. The van der Waals surface area contributed by atoms with Crippen molar-refractivity contribution in [3.63, 3.8) is 0 Å². The summed E-state index contributed by atoms with van der Waals surface area (Å²) in [4.78, 5) is 27.5. The van der Waals surface area contributed by atoms with E-state index in [0.29, 0.717) is 18.9 Å². The van der Waals surface area contributed by atoms with E-state index in [0.717, 1.165) is 36.1 Å². The molecule has 1 aromatic carbocycles. The number of carbonyl (C=O) groups is 1. The van der Waals surface area contributed by atoms with Crippen molar-refractivity contribution < 1.29 is 4.79 Å². The van der Waals surface area contributed by atoms with Crippen LogP contribution in [0.5, 0.6) is 0 Å². The maximum Gasteiger partial charge on any atom is 0.237 e. The van der Waals surface area contributed by atoms with Gasteiger partial charge in [0.25, 0.3) is 0 Å². The normalized spacial score (nSPS) is 15.8. The van der Waals surface area contributed by atoms with Crippen molar-refractivity contribution in [1.29, 1.82) is 0 Å². The fraction of sp³-hybridized carbons (Fsp3) is 0.261. The Morgan fingerprint density at radius 3 is 2.87 bits per heavy atom. The molecule has 0 radical (unpaired) electrons. The number of nitrogen functional groups attached to an aromatic ring is 1. The molecule has 0 bridgehead atoms. The van der Waals surface area contributed by atoms with Crippen LogP contribution in [0.15, 0.2) is 54.9 Å². The van der Waals surface area contributed by atoms with Gasteiger partial charge in [0.1, 0.15) is 12.1 Å². The van der Waals surface area contributed by atoms with Crippen LogP contribution in [0, 0.1) is 6.92 Å². The van der Waals surface area contributed by atoms with Gasteiger partial charge in [-0.1, -0.05) is 24.3 Å². The van der Waals surface area contributed by atoms with Gasteiger partial charge in [0.15, 0.2) is 0 Å². The number of benzene rings is 1. The van der Waals surface area contributed by atoms with Crippen LogP contribution >= 0.6 is 11.3 Å². The third kappa shape index (κ3) is 4.93. The SMILES string of the molecule is Cc1ccc(C=CC=CCN2CCN(Cc3ccc4c(N)ncnc4c3)C(=O)C2)s1. The first-order valence-electron chi connectivity index (χ1n) is 9.97. The fourth-order valence-corrected chi connectivity index (χ4v) is 4.29. The number of amides is 1. The number of piperazine rings is 1. The van der Waals surface area contributed by atoms with Crippen LogP contribution in [-0.4, -0.2) is 51.9 Å². The van der Waals surface area contributed by atoms with Crippen molar-refractivity contribution in [2.24, 2.45) is 0 Å². The second-order valence-electron chi connectivity index (χ2n) is 7.40. The van der Waals surface area contributed by atoms with Crippen LogP contribution in [0.25, 0.3) is 17.0 Å². The maximum atomic E-state index is 12.6. The van der Waals surface area contributed by atoms with Crippen LogP contribution in [0.4, 0.5) is 5.82 Å². The molecule has 0 atom stereocenters. The van der Waals surface area contributed by atoms with Gasteiger partial charge in [-0.25, -0.2) is 9.97 Å². The van der Waals surface area contributed by atoms with Crippen molar-refractivity contribution >= 4 is 40.0 Å². The van der Waals surface area contributed by atoms with Crippen molar-refractivity contribution in [3.8, 4) is 0 Å². The number of allylic oxidation sites excluding steroid dienone is 2. The van der Waals surface area contributed by atoms with Gasteiger partial charge in [0.2, 0.25) is 5.91 Å². The van der Waals surface area contributed by atoms with Gasteiger partial charge < -0.3 is 10.6 Å². The molecule has 4 rings (SSSR count). The molecule has 1 aliphatic heterocycles. The zero-order valence-electron chi connectivity index (χ0n) is 17.0. The lowest BCUT2D eigenvalue weighted by Crippen LogP contribution is -2.49. The number of fused-ring (bicyclic) bond motifs is 1. The van der Waals surface area contributed by atoms with Gasteiger partial charge in [-0.15, -0.1) is 11.3 Å². The average Bonchev–Trinajstić information content (AvgIpc) is 3.15. The first-order valence-corrected chi connectivity index (χ1v) is 10.8. The lowest BCUT2D eigenvalue weighted by molar-refractivity contribution is -0.136. The number of carbonyl (C=O) groups excluding carboxylic acids is 1. The van der Waals surface area contributed by atoms with Crippen LogP contribution in [0.2, 0.25) is 0 Å². The van der Waals surface area contributed by atoms with Gasteiger partial charge in [0.05, 0.1) is 12.1 Å². The second kappa shape index (κ2) is 9.19. The highest BCUT2D eigenvalue weighted by Crippen LogP contribution is 2.19. The summed E-state index contributed by atoms with van der Waals surface area (Å²) in [5, 5.41) is 0.840. The van der Waals surface area contributed by atoms with Gasteiger partial charge >= 0.3 is 0 Å². The Morgan fingerprint density at radius 2 is 2.07 bits per heavy atom. The summed E-state index contributed by atoms with van der Waals surface area (Å²) in [5.41, 5.74) is 7.75. The predicted molar refractivity (Wildman–Crippen MR) is 123 cm³/mol. The molecule has 2 N–H and O–H groups in total. The Morgan fingerprint density at radius 1 is 1.17 bits per heavy atom. The molecule has 0 aliphatic carbocycles. The highest BCUT2D eigenvalue weighted by atomic mass is 32.1. The van der Waals surface area contributed by atoms with Gasteiger partial charge in [-0.3, -0.25) is 9.69 Å². The van der Waals surface area contributed by atoms with E-state index in [2.05, 4.69) is 58.2 Å². The van der Waals surface area contributed by atoms with Crippen molar-refractivity contribution in [2.45, 2.75) is 13.5 Å². The predicted octanol–water partition coefficient (Wildman–Crippen LogP) is 3.50. The molecule has 1 aliphatic rings. The van der Waals surface area contributed by atoms with Crippen LogP contribution < -0.4 is 5.73 Å². The van der Waals surface area contributed by atoms with Gasteiger partial charge in [-0.05, 0) is 42.8 Å². The van der Waals surface area contributed by atoms with Crippen molar-refractivity contribution in [1.82, 2.24) is 19.8 Å². The largest absolute Gasteiger partial charge is 0.383 e. The second-order valence-corrected chi connectivity index (χ2v) is 8.72. The Balaban J connectivity index is 1.28. The van der Waals surface area contributed by atoms with E-state index >= 15 is 0 Å². The smallest absolute Gasteiger partial charge is 0.237 e. The number of rotatable bonds is 6. The number of anilines is 1. The summed E-state index contributed by atoms with van der Waals surface area (Å²) >= 11 is 1.78. The summed E-state index contributed by atoms with van der Waals surface area (Å²) in [7, 11) is 0. The summed E-state index contributed by atoms with van der Waals surface area (Å²) < 4.78 is 0. The summed E-state index contributed by atoms with van der Waals surface area (Å²) in [5.74, 6) is 0.631.